The normalized spacial score (nSPS) is 24.5. The summed E-state index contributed by atoms with van der Waals surface area (Å²) >= 11 is 0. The molecule has 0 amide bonds. The molecule has 0 aromatic heterocycles. The first-order valence-electron chi connectivity index (χ1n) is 7.02. The van der Waals surface area contributed by atoms with Gasteiger partial charge in [0.05, 0.1) is 5.76 Å². The number of hydrogen-bond donors (Lipinski definition) is 1. The van der Waals surface area contributed by atoms with Crippen molar-refractivity contribution in [2.45, 2.75) is 45.4 Å². The van der Waals surface area contributed by atoms with Crippen LogP contribution in [0.3, 0.4) is 0 Å². The van der Waals surface area contributed by atoms with Gasteiger partial charge in [-0.05, 0) is 55.9 Å². The van der Waals surface area contributed by atoms with Crippen LogP contribution in [0.25, 0.3) is 0 Å². The lowest BCUT2D eigenvalue weighted by Gasteiger charge is -2.34. The van der Waals surface area contributed by atoms with Crippen molar-refractivity contribution in [3.63, 3.8) is 0 Å². The van der Waals surface area contributed by atoms with Crippen LogP contribution in [0.2, 0.25) is 0 Å². The standard InChI is InChI=1S/C17H20O2/c1-10-4-5-11-12-7-9-15(18)17(2,3)14(12)8-6-13(11)16(10)19/h6,8-10,18H,4-5,7H2,1-3H3. The molecule has 19 heavy (non-hydrogen) atoms. The highest BCUT2D eigenvalue weighted by Crippen LogP contribution is 2.40. The van der Waals surface area contributed by atoms with E-state index in [0.717, 1.165) is 24.8 Å². The molecule has 2 aliphatic rings. The van der Waals surface area contributed by atoms with Gasteiger partial charge in [-0.2, -0.15) is 0 Å². The van der Waals surface area contributed by atoms with Crippen LogP contribution >= 0.6 is 0 Å². The van der Waals surface area contributed by atoms with Crippen molar-refractivity contribution in [2.75, 3.05) is 0 Å². The summed E-state index contributed by atoms with van der Waals surface area (Å²) in [4.78, 5) is 12.3. The Morgan fingerprint density at radius 2 is 2.00 bits per heavy atom. The SMILES string of the molecule is CC1CCc2c(ccc3c2CC=C(O)C3(C)C)C1=O. The number of allylic oxidation sites excluding steroid dienone is 2. The summed E-state index contributed by atoms with van der Waals surface area (Å²) in [7, 11) is 0. The van der Waals surface area contributed by atoms with Crippen LogP contribution in [0.5, 0.6) is 0 Å². The van der Waals surface area contributed by atoms with Crippen LogP contribution < -0.4 is 0 Å². The Balaban J connectivity index is 2.20. The van der Waals surface area contributed by atoms with E-state index in [1.54, 1.807) is 0 Å². The summed E-state index contributed by atoms with van der Waals surface area (Å²) in [6, 6.07) is 4.00. The van der Waals surface area contributed by atoms with E-state index in [4.69, 9.17) is 0 Å². The molecule has 1 aromatic rings. The van der Waals surface area contributed by atoms with Gasteiger partial charge in [-0.25, -0.2) is 0 Å². The quantitative estimate of drug-likeness (QED) is 0.768. The van der Waals surface area contributed by atoms with Gasteiger partial charge in [-0.1, -0.05) is 19.1 Å². The Hall–Kier alpha value is -1.57. The zero-order valence-electron chi connectivity index (χ0n) is 11.8. The van der Waals surface area contributed by atoms with Crippen LogP contribution in [0, 0.1) is 5.92 Å². The average Bonchev–Trinajstić information content (AvgIpc) is 2.38. The molecule has 2 heteroatoms. The first kappa shape index (κ1) is 12.5. The smallest absolute Gasteiger partial charge is 0.165 e. The fourth-order valence-corrected chi connectivity index (χ4v) is 3.38. The predicted molar refractivity (Wildman–Crippen MR) is 75.7 cm³/mol. The molecular weight excluding hydrogens is 236 g/mol. The number of carbonyl (C=O) groups excluding carboxylic acids is 1. The number of aliphatic hydroxyl groups excluding tert-OH is 1. The van der Waals surface area contributed by atoms with Crippen molar-refractivity contribution < 1.29 is 9.90 Å². The lowest BCUT2D eigenvalue weighted by atomic mass is 9.71. The molecule has 0 bridgehead atoms. The first-order valence-corrected chi connectivity index (χ1v) is 7.02. The van der Waals surface area contributed by atoms with Gasteiger partial charge in [0.2, 0.25) is 0 Å². The van der Waals surface area contributed by atoms with E-state index in [0.29, 0.717) is 5.76 Å². The minimum Gasteiger partial charge on any atom is -0.512 e. The number of rotatable bonds is 0. The predicted octanol–water partition coefficient (Wildman–Crippen LogP) is 3.73. The van der Waals surface area contributed by atoms with Gasteiger partial charge in [-0.15, -0.1) is 0 Å². The number of hydrogen-bond acceptors (Lipinski definition) is 2. The maximum atomic E-state index is 12.3. The van der Waals surface area contributed by atoms with E-state index in [-0.39, 0.29) is 17.1 Å². The molecule has 1 atom stereocenters. The van der Waals surface area contributed by atoms with Crippen molar-refractivity contribution in [2.24, 2.45) is 5.92 Å². The Morgan fingerprint density at radius 1 is 1.26 bits per heavy atom. The molecular formula is C17H20O2. The summed E-state index contributed by atoms with van der Waals surface area (Å²) < 4.78 is 0. The van der Waals surface area contributed by atoms with Gasteiger partial charge in [0.15, 0.2) is 5.78 Å². The third-order valence-electron chi connectivity index (χ3n) is 4.78. The Labute approximate surface area is 114 Å². The summed E-state index contributed by atoms with van der Waals surface area (Å²) in [5.41, 5.74) is 4.23. The van der Waals surface area contributed by atoms with Crippen molar-refractivity contribution in [3.8, 4) is 0 Å². The highest BCUT2D eigenvalue weighted by atomic mass is 16.3. The molecule has 1 unspecified atom stereocenters. The summed E-state index contributed by atoms with van der Waals surface area (Å²) in [5.74, 6) is 0.863. The van der Waals surface area contributed by atoms with Gasteiger partial charge in [0, 0.05) is 16.9 Å². The number of aliphatic hydroxyl groups is 1. The number of ketones is 1. The van der Waals surface area contributed by atoms with Crippen molar-refractivity contribution in [1.82, 2.24) is 0 Å². The second kappa shape index (κ2) is 3.96. The third-order valence-corrected chi connectivity index (χ3v) is 4.78. The van der Waals surface area contributed by atoms with Crippen molar-refractivity contribution in [1.29, 1.82) is 0 Å². The minimum absolute atomic E-state index is 0.145. The van der Waals surface area contributed by atoms with Gasteiger partial charge < -0.3 is 5.11 Å². The highest BCUT2D eigenvalue weighted by Gasteiger charge is 2.35. The topological polar surface area (TPSA) is 37.3 Å². The van der Waals surface area contributed by atoms with Crippen LogP contribution in [0.4, 0.5) is 0 Å². The molecule has 1 aromatic carbocycles. The molecule has 2 aliphatic carbocycles. The fraction of sp³-hybridized carbons (Fsp3) is 0.471. The molecule has 0 saturated carbocycles. The van der Waals surface area contributed by atoms with E-state index >= 15 is 0 Å². The van der Waals surface area contributed by atoms with Crippen LogP contribution in [-0.2, 0) is 18.3 Å². The Morgan fingerprint density at radius 3 is 2.74 bits per heavy atom. The first-order chi connectivity index (χ1) is 8.93. The molecule has 0 fully saturated rings. The molecule has 2 nitrogen and oxygen atoms in total. The second-order valence-corrected chi connectivity index (χ2v) is 6.34. The number of benzene rings is 1. The maximum absolute atomic E-state index is 12.3. The molecule has 1 N–H and O–H groups in total. The molecule has 3 rings (SSSR count). The van der Waals surface area contributed by atoms with E-state index in [2.05, 4.69) is 0 Å². The lowest BCUT2D eigenvalue weighted by Crippen LogP contribution is -2.29. The Kier molecular flexibility index (Phi) is 2.60. The van der Waals surface area contributed by atoms with E-state index in [1.165, 1.54) is 16.7 Å². The zero-order chi connectivity index (χ0) is 13.8. The van der Waals surface area contributed by atoms with Gasteiger partial charge in [0.25, 0.3) is 0 Å². The minimum atomic E-state index is -0.339. The summed E-state index contributed by atoms with van der Waals surface area (Å²) in [6.07, 6.45) is 4.56. The van der Waals surface area contributed by atoms with Gasteiger partial charge in [-0.3, -0.25) is 4.79 Å². The van der Waals surface area contributed by atoms with Crippen molar-refractivity contribution in [3.05, 3.63) is 46.2 Å². The zero-order valence-corrected chi connectivity index (χ0v) is 11.8. The van der Waals surface area contributed by atoms with Crippen LogP contribution in [0.15, 0.2) is 24.0 Å². The molecule has 0 heterocycles. The molecule has 100 valence electrons. The van der Waals surface area contributed by atoms with E-state index in [9.17, 15) is 9.90 Å². The third kappa shape index (κ3) is 1.66. The number of Topliss-reactive ketones (excluding diaryl/α,β-unsaturated/α-hetero) is 1. The molecule has 0 aliphatic heterocycles. The summed E-state index contributed by atoms with van der Waals surface area (Å²) in [6.45, 7) is 6.09. The van der Waals surface area contributed by atoms with E-state index in [1.807, 2.05) is 39.0 Å². The highest BCUT2D eigenvalue weighted by molar-refractivity contribution is 6.00. The molecule has 0 saturated heterocycles. The van der Waals surface area contributed by atoms with Crippen LogP contribution in [-0.4, -0.2) is 10.9 Å². The Bertz CT molecular complexity index is 594. The monoisotopic (exact) mass is 256 g/mol. The average molecular weight is 256 g/mol. The molecule has 0 radical (unpaired) electrons. The van der Waals surface area contributed by atoms with Gasteiger partial charge >= 0.3 is 0 Å². The number of carbonyl (C=O) groups is 1. The number of fused-ring (bicyclic) bond motifs is 3. The largest absolute Gasteiger partial charge is 0.512 e. The fourth-order valence-electron chi connectivity index (χ4n) is 3.38. The lowest BCUT2D eigenvalue weighted by molar-refractivity contribution is 0.0913. The summed E-state index contributed by atoms with van der Waals surface area (Å²) in [5, 5.41) is 10.1. The second-order valence-electron chi connectivity index (χ2n) is 6.34. The van der Waals surface area contributed by atoms with Crippen LogP contribution in [0.1, 0.15) is 54.2 Å². The van der Waals surface area contributed by atoms with E-state index < -0.39 is 0 Å². The molecule has 0 spiro atoms. The van der Waals surface area contributed by atoms with Gasteiger partial charge in [0.1, 0.15) is 0 Å². The maximum Gasteiger partial charge on any atom is 0.165 e. The van der Waals surface area contributed by atoms with Crippen molar-refractivity contribution >= 4 is 5.78 Å².